The minimum Gasteiger partial charge on any atom is -0.493 e. The summed E-state index contributed by atoms with van der Waals surface area (Å²) in [5, 5.41) is 0. The minimum absolute atomic E-state index is 0.685. The Kier molecular flexibility index (Phi) is 6.69. The number of fused-ring (bicyclic) bond motifs is 2. The Bertz CT molecular complexity index is 645. The lowest BCUT2D eigenvalue weighted by Gasteiger charge is -2.28. The summed E-state index contributed by atoms with van der Waals surface area (Å²) in [6, 6.07) is 17.3. The highest BCUT2D eigenvalue weighted by Crippen LogP contribution is 2.41. The van der Waals surface area contributed by atoms with Crippen molar-refractivity contribution in [2.24, 2.45) is 11.8 Å². The largest absolute Gasteiger partial charge is 0.493 e. The molecule has 140 valence electrons. The second-order valence-corrected chi connectivity index (χ2v) is 9.19. The SMILES string of the molecule is CC(C)C1CCOc2ccccc21.CC(C)C1CCSc2ccccc21. The van der Waals surface area contributed by atoms with E-state index >= 15 is 0 Å². The van der Waals surface area contributed by atoms with Gasteiger partial charge in [-0.05, 0) is 65.5 Å². The van der Waals surface area contributed by atoms with Crippen molar-refractivity contribution in [3.63, 3.8) is 0 Å². The Morgan fingerprint density at radius 3 is 2.15 bits per heavy atom. The zero-order chi connectivity index (χ0) is 18.5. The predicted octanol–water partition coefficient (Wildman–Crippen LogP) is 7.13. The fourth-order valence-electron chi connectivity index (χ4n) is 4.12. The Morgan fingerprint density at radius 1 is 0.808 bits per heavy atom. The van der Waals surface area contributed by atoms with E-state index in [4.69, 9.17) is 4.74 Å². The molecule has 0 saturated carbocycles. The fourth-order valence-corrected chi connectivity index (χ4v) is 5.28. The van der Waals surface area contributed by atoms with E-state index < -0.39 is 0 Å². The third-order valence-electron chi connectivity index (χ3n) is 5.62. The normalized spacial score (nSPS) is 21.3. The van der Waals surface area contributed by atoms with Crippen LogP contribution in [0.5, 0.6) is 5.75 Å². The molecular weight excluding hydrogens is 336 g/mol. The summed E-state index contributed by atoms with van der Waals surface area (Å²) in [5.74, 6) is 5.35. The van der Waals surface area contributed by atoms with E-state index in [1.807, 2.05) is 17.8 Å². The van der Waals surface area contributed by atoms with Crippen molar-refractivity contribution >= 4 is 11.8 Å². The molecule has 0 aliphatic carbocycles. The molecular formula is C24H32OS. The van der Waals surface area contributed by atoms with Gasteiger partial charge in [0.15, 0.2) is 0 Å². The van der Waals surface area contributed by atoms with Crippen molar-refractivity contribution in [1.29, 1.82) is 0 Å². The van der Waals surface area contributed by atoms with E-state index in [1.165, 1.54) is 22.6 Å². The van der Waals surface area contributed by atoms with E-state index in [2.05, 4.69) is 70.2 Å². The van der Waals surface area contributed by atoms with Gasteiger partial charge in [-0.25, -0.2) is 0 Å². The molecule has 0 aromatic heterocycles. The highest BCUT2D eigenvalue weighted by atomic mass is 32.2. The first kappa shape index (κ1) is 19.4. The molecule has 0 N–H and O–H groups in total. The molecule has 0 radical (unpaired) electrons. The summed E-state index contributed by atoms with van der Waals surface area (Å²) in [6.07, 6.45) is 2.51. The average molecular weight is 369 g/mol. The van der Waals surface area contributed by atoms with Crippen LogP contribution in [0.4, 0.5) is 0 Å². The standard InChI is InChI=1S/C12H16O.C12H16S/c2*1-9(2)10-7-8-13-12-6-4-3-5-11(10)12/h2*3-6,9-10H,7-8H2,1-2H3. The van der Waals surface area contributed by atoms with Gasteiger partial charge in [0.2, 0.25) is 0 Å². The van der Waals surface area contributed by atoms with Gasteiger partial charge in [0.25, 0.3) is 0 Å². The second kappa shape index (κ2) is 8.99. The summed E-state index contributed by atoms with van der Waals surface area (Å²) in [7, 11) is 0. The summed E-state index contributed by atoms with van der Waals surface area (Å²) in [5.41, 5.74) is 2.97. The van der Waals surface area contributed by atoms with Crippen molar-refractivity contribution in [1.82, 2.24) is 0 Å². The Labute approximate surface area is 163 Å². The lowest BCUT2D eigenvalue weighted by Crippen LogP contribution is -2.17. The second-order valence-electron chi connectivity index (χ2n) is 8.05. The van der Waals surface area contributed by atoms with Crippen molar-refractivity contribution in [3.05, 3.63) is 59.7 Å². The van der Waals surface area contributed by atoms with Crippen LogP contribution in [0.1, 0.15) is 63.5 Å². The van der Waals surface area contributed by atoms with Crippen molar-refractivity contribution in [2.75, 3.05) is 12.4 Å². The van der Waals surface area contributed by atoms with Gasteiger partial charge in [0.05, 0.1) is 6.61 Å². The lowest BCUT2D eigenvalue weighted by atomic mass is 9.84. The van der Waals surface area contributed by atoms with Gasteiger partial charge in [-0.2, -0.15) is 0 Å². The number of thioether (sulfide) groups is 1. The zero-order valence-corrected chi connectivity index (χ0v) is 17.4. The third-order valence-corrected chi connectivity index (χ3v) is 6.74. The first-order chi connectivity index (χ1) is 12.6. The quantitative estimate of drug-likeness (QED) is 0.557. The highest BCUT2D eigenvalue weighted by molar-refractivity contribution is 7.99. The summed E-state index contributed by atoms with van der Waals surface area (Å²) >= 11 is 2.01. The molecule has 2 atom stereocenters. The maximum Gasteiger partial charge on any atom is 0.122 e. The predicted molar refractivity (Wildman–Crippen MR) is 113 cm³/mol. The topological polar surface area (TPSA) is 9.23 Å². The summed E-state index contributed by atoms with van der Waals surface area (Å²) < 4.78 is 5.60. The lowest BCUT2D eigenvalue weighted by molar-refractivity contribution is 0.247. The van der Waals surface area contributed by atoms with Crippen LogP contribution in [0.3, 0.4) is 0 Å². The van der Waals surface area contributed by atoms with E-state index in [1.54, 1.807) is 5.56 Å². The molecule has 2 aliphatic rings. The van der Waals surface area contributed by atoms with E-state index in [0.717, 1.165) is 30.6 Å². The van der Waals surface area contributed by atoms with Crippen LogP contribution in [0.25, 0.3) is 0 Å². The molecule has 0 fully saturated rings. The molecule has 0 spiro atoms. The van der Waals surface area contributed by atoms with E-state index in [0.29, 0.717) is 11.8 Å². The van der Waals surface area contributed by atoms with Crippen LogP contribution in [-0.2, 0) is 0 Å². The molecule has 26 heavy (non-hydrogen) atoms. The van der Waals surface area contributed by atoms with Gasteiger partial charge in [-0.3, -0.25) is 0 Å². The number of rotatable bonds is 2. The molecule has 2 heteroatoms. The highest BCUT2D eigenvalue weighted by Gasteiger charge is 2.23. The van der Waals surface area contributed by atoms with Crippen LogP contribution in [0.2, 0.25) is 0 Å². The van der Waals surface area contributed by atoms with Crippen molar-refractivity contribution in [2.45, 2.75) is 57.3 Å². The van der Waals surface area contributed by atoms with E-state index in [9.17, 15) is 0 Å². The van der Waals surface area contributed by atoms with Crippen LogP contribution in [0.15, 0.2) is 53.4 Å². The molecule has 2 aliphatic heterocycles. The van der Waals surface area contributed by atoms with Gasteiger partial charge in [-0.15, -0.1) is 11.8 Å². The average Bonchev–Trinajstić information content (AvgIpc) is 2.67. The van der Waals surface area contributed by atoms with Gasteiger partial charge < -0.3 is 4.74 Å². The van der Waals surface area contributed by atoms with Gasteiger partial charge in [0, 0.05) is 4.90 Å². The molecule has 0 amide bonds. The van der Waals surface area contributed by atoms with Crippen LogP contribution < -0.4 is 4.74 Å². The maximum atomic E-state index is 5.60. The number of hydrogen-bond donors (Lipinski definition) is 0. The van der Waals surface area contributed by atoms with Gasteiger partial charge in [0.1, 0.15) is 5.75 Å². The van der Waals surface area contributed by atoms with Crippen LogP contribution in [-0.4, -0.2) is 12.4 Å². The molecule has 1 nitrogen and oxygen atoms in total. The molecule has 2 unspecified atom stereocenters. The van der Waals surface area contributed by atoms with Crippen molar-refractivity contribution in [3.8, 4) is 5.75 Å². The monoisotopic (exact) mass is 368 g/mol. The smallest absolute Gasteiger partial charge is 0.122 e. The van der Waals surface area contributed by atoms with Crippen LogP contribution in [0, 0.1) is 11.8 Å². The molecule has 2 heterocycles. The van der Waals surface area contributed by atoms with Gasteiger partial charge >= 0.3 is 0 Å². The van der Waals surface area contributed by atoms with E-state index in [-0.39, 0.29) is 0 Å². The van der Waals surface area contributed by atoms with Crippen molar-refractivity contribution < 1.29 is 4.74 Å². The molecule has 0 saturated heterocycles. The molecule has 2 aromatic rings. The first-order valence-corrected chi connectivity index (χ1v) is 11.0. The molecule has 4 rings (SSSR count). The maximum absolute atomic E-state index is 5.60. The Balaban J connectivity index is 0.000000151. The summed E-state index contributed by atoms with van der Waals surface area (Å²) in [4.78, 5) is 1.51. The Hall–Kier alpha value is -1.41. The zero-order valence-electron chi connectivity index (χ0n) is 16.6. The summed E-state index contributed by atoms with van der Waals surface area (Å²) in [6.45, 7) is 10.1. The first-order valence-electron chi connectivity index (χ1n) is 10.0. The number of ether oxygens (including phenoxy) is 1. The molecule has 2 aromatic carbocycles. The molecule has 0 bridgehead atoms. The van der Waals surface area contributed by atoms with Gasteiger partial charge in [-0.1, -0.05) is 64.1 Å². The Morgan fingerprint density at radius 2 is 1.42 bits per heavy atom. The third kappa shape index (κ3) is 4.46. The number of benzene rings is 2. The number of hydrogen-bond acceptors (Lipinski definition) is 2. The van der Waals surface area contributed by atoms with Crippen LogP contribution >= 0.6 is 11.8 Å². The number of para-hydroxylation sites is 1. The minimum atomic E-state index is 0.685. The fraction of sp³-hybridized carbons (Fsp3) is 0.500.